The van der Waals surface area contributed by atoms with Gasteiger partial charge in [-0.05, 0) is 29.7 Å². The maximum absolute atomic E-state index is 14.1. The second kappa shape index (κ2) is 11.8. The van der Waals surface area contributed by atoms with Crippen molar-refractivity contribution in [3.8, 4) is 17.1 Å². The largest absolute Gasteiger partial charge is 0.750 e. The first-order chi connectivity index (χ1) is 17.3. The molecule has 15 heteroatoms. The summed E-state index contributed by atoms with van der Waals surface area (Å²) < 4.78 is 73.3. The van der Waals surface area contributed by atoms with Gasteiger partial charge in [-0.1, -0.05) is 41.9 Å². The first-order valence-electron chi connectivity index (χ1n) is 10.3. The number of hydrogen-bond donors (Lipinski definition) is 3. The first-order valence-corrected chi connectivity index (χ1v) is 11.7. The maximum atomic E-state index is 14.1. The fourth-order valence-electron chi connectivity index (χ4n) is 3.30. The zero-order chi connectivity index (χ0) is 27.3. The van der Waals surface area contributed by atoms with E-state index in [4.69, 9.17) is 32.9 Å². The number of hydrogen-bond acceptors (Lipinski definition) is 9. The van der Waals surface area contributed by atoms with E-state index >= 15 is 0 Å². The lowest BCUT2D eigenvalue weighted by Gasteiger charge is -2.24. The third-order valence-corrected chi connectivity index (χ3v) is 5.52. The van der Waals surface area contributed by atoms with Crippen LogP contribution in [0.5, 0.6) is 5.88 Å². The monoisotopic (exact) mass is 559 g/mol. The third kappa shape index (κ3) is 7.84. The van der Waals surface area contributed by atoms with Crippen LogP contribution in [0.15, 0.2) is 48.5 Å². The fourth-order valence-corrected chi connectivity index (χ4v) is 3.72. The highest BCUT2D eigenvalue weighted by atomic mass is 35.5. The zero-order valence-corrected chi connectivity index (χ0v) is 20.2. The number of carboxylic acid groups (broad SMARTS) is 1. The zero-order valence-electron chi connectivity index (χ0n) is 18.6. The molecule has 0 saturated carbocycles. The van der Waals surface area contributed by atoms with Crippen LogP contribution in [0.25, 0.3) is 11.3 Å². The Bertz CT molecular complexity index is 1300. The molecule has 3 atom stereocenters. The van der Waals surface area contributed by atoms with Crippen LogP contribution in [-0.2, 0) is 33.4 Å². The molecule has 0 aliphatic rings. The molecule has 0 fully saturated rings. The van der Waals surface area contributed by atoms with E-state index in [1.165, 1.54) is 6.07 Å². The van der Waals surface area contributed by atoms with Crippen molar-refractivity contribution in [3.63, 3.8) is 0 Å². The summed E-state index contributed by atoms with van der Waals surface area (Å²) in [6.07, 6.45) is -7.47. The van der Waals surface area contributed by atoms with Crippen molar-refractivity contribution in [3.05, 3.63) is 70.2 Å². The minimum Gasteiger partial charge on any atom is -0.750 e. The third-order valence-electron chi connectivity index (χ3n) is 4.98. The number of alkyl halides is 3. The van der Waals surface area contributed by atoms with Gasteiger partial charge in [0.25, 0.3) is 0 Å². The summed E-state index contributed by atoms with van der Waals surface area (Å²) in [5.41, 5.74) is 11.8. The molecule has 0 spiro atoms. The molecule has 2 aromatic carbocycles. The Balaban J connectivity index is 1.93. The van der Waals surface area contributed by atoms with Gasteiger partial charge >= 0.3 is 12.1 Å². The van der Waals surface area contributed by atoms with E-state index in [2.05, 4.69) is 14.2 Å². The topological polar surface area (TPSA) is 174 Å². The van der Waals surface area contributed by atoms with Crippen LogP contribution in [-0.4, -0.2) is 42.0 Å². The van der Waals surface area contributed by atoms with Crippen molar-refractivity contribution >= 4 is 34.9 Å². The molecule has 1 aromatic heterocycles. The Morgan fingerprint density at radius 1 is 1.16 bits per heavy atom. The highest BCUT2D eigenvalue weighted by molar-refractivity contribution is 7.74. The lowest BCUT2D eigenvalue weighted by Crippen LogP contribution is -2.32. The van der Waals surface area contributed by atoms with Gasteiger partial charge in [0.05, 0.1) is 23.7 Å². The Labute approximate surface area is 215 Å². The standard InChI is InChI=1S/C22H20ClF3N4O6S/c23-14-5-6-15(13(8-14)10-35-37(33)34)19(22(24,25)26)36-18-9-17(29-21(28)30-18)12-3-1-11(2-4-12)7-16(27)20(31)32/h1-6,8-9,16,19H,7,10,27H2,(H,31,32)(H,33,34)(H2,28,29,30)/p-1/t16-,19?/m0/s1. The lowest BCUT2D eigenvalue weighted by molar-refractivity contribution is -0.199. The number of nitrogen functional groups attached to an aromatic ring is 1. The molecule has 0 aliphatic carbocycles. The fraction of sp³-hybridized carbons (Fsp3) is 0.227. The number of nitrogens with zero attached hydrogens (tertiary/aromatic N) is 2. The number of halogens is 4. The predicted molar refractivity (Wildman–Crippen MR) is 126 cm³/mol. The molecular formula is C22H19ClF3N4O6S-. The molecule has 10 nitrogen and oxygen atoms in total. The van der Waals surface area contributed by atoms with Crippen LogP contribution in [0.2, 0.25) is 5.02 Å². The normalized spacial score (nSPS) is 14.1. The van der Waals surface area contributed by atoms with Crippen molar-refractivity contribution in [2.75, 3.05) is 5.73 Å². The van der Waals surface area contributed by atoms with Crippen molar-refractivity contribution in [1.29, 1.82) is 0 Å². The van der Waals surface area contributed by atoms with E-state index in [-0.39, 0.29) is 28.6 Å². The summed E-state index contributed by atoms with van der Waals surface area (Å²) in [4.78, 5) is 18.7. The molecule has 3 rings (SSSR count). The van der Waals surface area contributed by atoms with Gasteiger partial charge < -0.3 is 25.9 Å². The average molecular weight is 560 g/mol. The second-order valence-electron chi connectivity index (χ2n) is 7.64. The Hall–Kier alpha value is -3.30. The molecule has 0 radical (unpaired) electrons. The molecule has 0 amide bonds. The number of nitrogens with two attached hydrogens (primary N) is 2. The summed E-state index contributed by atoms with van der Waals surface area (Å²) in [6.45, 7) is -0.711. The van der Waals surface area contributed by atoms with Crippen LogP contribution < -0.4 is 16.2 Å². The minimum absolute atomic E-state index is 0.0567. The van der Waals surface area contributed by atoms with Crippen LogP contribution in [0.3, 0.4) is 0 Å². The van der Waals surface area contributed by atoms with Gasteiger partial charge in [0.2, 0.25) is 17.9 Å². The number of carbonyl (C=O) groups is 1. The lowest BCUT2D eigenvalue weighted by atomic mass is 10.0. The van der Waals surface area contributed by atoms with Gasteiger partial charge in [-0.25, -0.2) is 9.19 Å². The molecule has 0 bridgehead atoms. The number of carboxylic acids is 1. The van der Waals surface area contributed by atoms with E-state index in [1.54, 1.807) is 24.3 Å². The van der Waals surface area contributed by atoms with E-state index in [0.717, 1.165) is 18.2 Å². The molecule has 3 aromatic rings. The van der Waals surface area contributed by atoms with Gasteiger partial charge in [-0.3, -0.25) is 8.98 Å². The smallest absolute Gasteiger partial charge is 0.429 e. The van der Waals surface area contributed by atoms with Gasteiger partial charge in [0.1, 0.15) is 6.04 Å². The van der Waals surface area contributed by atoms with E-state index in [9.17, 15) is 26.7 Å². The molecular weight excluding hydrogens is 541 g/mol. The van der Waals surface area contributed by atoms with Crippen molar-refractivity contribution in [2.45, 2.75) is 31.3 Å². The Kier molecular flexibility index (Phi) is 9.04. The van der Waals surface area contributed by atoms with Gasteiger partial charge in [-0.15, -0.1) is 0 Å². The Morgan fingerprint density at radius 2 is 1.84 bits per heavy atom. The molecule has 37 heavy (non-hydrogen) atoms. The first kappa shape index (κ1) is 28.3. The summed E-state index contributed by atoms with van der Waals surface area (Å²) in [7, 11) is 0. The van der Waals surface area contributed by atoms with E-state index in [1.807, 2.05) is 0 Å². The minimum atomic E-state index is -4.95. The van der Waals surface area contributed by atoms with Crippen LogP contribution in [0.4, 0.5) is 19.1 Å². The van der Waals surface area contributed by atoms with Crippen LogP contribution in [0.1, 0.15) is 22.8 Å². The number of aromatic nitrogens is 2. The summed E-state index contributed by atoms with van der Waals surface area (Å²) in [5, 5.41) is 9.00. The highest BCUT2D eigenvalue weighted by Crippen LogP contribution is 2.39. The number of ether oxygens (including phenoxy) is 1. The molecule has 1 heterocycles. The van der Waals surface area contributed by atoms with Crippen LogP contribution >= 0.6 is 11.6 Å². The van der Waals surface area contributed by atoms with E-state index in [0.29, 0.717) is 11.1 Å². The quantitative estimate of drug-likeness (QED) is 0.312. The predicted octanol–water partition coefficient (Wildman–Crippen LogP) is 3.33. The van der Waals surface area contributed by atoms with Crippen molar-refractivity contribution in [2.24, 2.45) is 5.73 Å². The molecule has 198 valence electrons. The van der Waals surface area contributed by atoms with Gasteiger partial charge in [0, 0.05) is 22.2 Å². The molecule has 0 aliphatic heterocycles. The Morgan fingerprint density at radius 3 is 2.43 bits per heavy atom. The van der Waals surface area contributed by atoms with Crippen molar-refractivity contribution < 1.29 is 40.8 Å². The van der Waals surface area contributed by atoms with Crippen LogP contribution in [0, 0.1) is 0 Å². The molecule has 2 unspecified atom stereocenters. The van der Waals surface area contributed by atoms with Crippen molar-refractivity contribution in [1.82, 2.24) is 9.97 Å². The SMILES string of the molecule is Nc1nc(OC(c2ccc(Cl)cc2COS(=O)[O-])C(F)(F)F)cc(-c2ccc(C[C@H](N)C(=O)O)cc2)n1. The number of benzene rings is 2. The van der Waals surface area contributed by atoms with Gasteiger partial charge in [-0.2, -0.15) is 18.2 Å². The van der Waals surface area contributed by atoms with E-state index < -0.39 is 53.7 Å². The molecule has 5 N–H and O–H groups in total. The number of aliphatic carboxylic acids is 1. The number of rotatable bonds is 10. The summed E-state index contributed by atoms with van der Waals surface area (Å²) in [5.74, 6) is -2.03. The second-order valence-corrected chi connectivity index (χ2v) is 8.72. The average Bonchev–Trinajstić information content (AvgIpc) is 2.81. The highest BCUT2D eigenvalue weighted by Gasteiger charge is 2.44. The number of anilines is 1. The van der Waals surface area contributed by atoms with Gasteiger partial charge in [0.15, 0.2) is 0 Å². The maximum Gasteiger partial charge on any atom is 0.429 e. The summed E-state index contributed by atoms with van der Waals surface area (Å²) >= 11 is 2.89. The molecule has 0 saturated heterocycles. The summed E-state index contributed by atoms with van der Waals surface area (Å²) in [6, 6.07) is 9.72.